The Morgan fingerprint density at radius 1 is 0.438 bits per heavy atom. The highest BCUT2D eigenvalue weighted by Gasteiger charge is 2.22. The van der Waals surface area contributed by atoms with Crippen LogP contribution < -0.4 is 0 Å². The lowest BCUT2D eigenvalue weighted by atomic mass is 9.95. The van der Waals surface area contributed by atoms with Gasteiger partial charge < -0.3 is 0 Å². The average Bonchev–Trinajstić information content (AvgIpc) is 2.79. The summed E-state index contributed by atoms with van der Waals surface area (Å²) in [4.78, 5) is 0. The third kappa shape index (κ3) is 22.3. The van der Waals surface area contributed by atoms with Gasteiger partial charge in [0.1, 0.15) is 0 Å². The molecular weight excluding hydrogens is 424 g/mol. The second-order valence-corrected chi connectivity index (χ2v) is 15.2. The number of unbranched alkanes of at least 4 members (excludes halogenated alkanes) is 20. The minimum Gasteiger partial charge on any atom is -0.127 e. The normalized spacial score (nSPS) is 13.7. The molecule has 0 aromatic carbocycles. The summed E-state index contributed by atoms with van der Waals surface area (Å²) in [6.45, 7) is 9.51. The van der Waals surface area contributed by atoms with Crippen LogP contribution >= 0.6 is 11.6 Å². The van der Waals surface area contributed by atoms with Crippen molar-refractivity contribution in [3.05, 3.63) is 0 Å². The van der Waals surface area contributed by atoms with E-state index in [0.717, 1.165) is 5.92 Å². The molecule has 0 bridgehead atoms. The molecule has 0 N–H and O–H groups in total. The second-order valence-electron chi connectivity index (χ2n) is 11.1. The maximum atomic E-state index is 6.91. The Kier molecular flexibility index (Phi) is 26.5. The zero-order chi connectivity index (χ0) is 23.7. The number of hydrogen-bond donors (Lipinski definition) is 0. The Bertz CT molecular complexity index is 344. The van der Waals surface area contributed by atoms with E-state index >= 15 is 0 Å². The van der Waals surface area contributed by atoms with Crippen molar-refractivity contribution in [3.8, 4) is 0 Å². The largest absolute Gasteiger partial charge is 0.127 e. The van der Waals surface area contributed by atoms with Crippen LogP contribution in [0.2, 0.25) is 13.1 Å². The molecule has 0 unspecified atom stereocenters. The predicted molar refractivity (Wildman–Crippen MR) is 154 cm³/mol. The first-order valence-corrected chi connectivity index (χ1v) is 18.7. The van der Waals surface area contributed by atoms with Crippen molar-refractivity contribution in [2.24, 2.45) is 5.92 Å². The summed E-state index contributed by atoms with van der Waals surface area (Å²) < 4.78 is 0. The van der Waals surface area contributed by atoms with Gasteiger partial charge in [0.2, 0.25) is 0 Å². The molecule has 194 valence electrons. The van der Waals surface area contributed by atoms with Gasteiger partial charge in [0.05, 0.1) is 8.80 Å². The molecule has 0 aromatic heterocycles. The van der Waals surface area contributed by atoms with Crippen molar-refractivity contribution in [2.75, 3.05) is 0 Å². The van der Waals surface area contributed by atoms with Gasteiger partial charge in [0, 0.05) is 5.00 Å². The van der Waals surface area contributed by atoms with Crippen LogP contribution in [-0.2, 0) is 0 Å². The van der Waals surface area contributed by atoms with Crippen molar-refractivity contribution in [1.82, 2.24) is 0 Å². The van der Waals surface area contributed by atoms with Crippen LogP contribution in [0.3, 0.4) is 0 Å². The number of hydrogen-bond acceptors (Lipinski definition) is 0. The van der Waals surface area contributed by atoms with E-state index in [1.54, 1.807) is 0 Å². The fourth-order valence-corrected chi connectivity index (χ4v) is 6.87. The molecule has 0 spiro atoms. The van der Waals surface area contributed by atoms with Crippen LogP contribution in [0, 0.1) is 5.92 Å². The maximum Gasteiger partial charge on any atom is 0.0522 e. The fourth-order valence-electron chi connectivity index (χ4n) is 5.15. The summed E-state index contributed by atoms with van der Waals surface area (Å²) in [5.41, 5.74) is 0. The van der Waals surface area contributed by atoms with E-state index in [2.05, 4.69) is 26.9 Å². The number of halogens is 1. The van der Waals surface area contributed by atoms with Gasteiger partial charge in [-0.2, -0.15) is 0 Å². The molecule has 0 heterocycles. The average molecular weight is 487 g/mol. The van der Waals surface area contributed by atoms with Crippen molar-refractivity contribution >= 4 is 20.4 Å². The van der Waals surface area contributed by atoms with Gasteiger partial charge in [-0.25, -0.2) is 0 Å². The van der Waals surface area contributed by atoms with E-state index in [1.807, 2.05) is 0 Å². The molecular formula is C30H63ClSi. The Balaban J connectivity index is 3.69. The minimum atomic E-state index is -0.730. The molecule has 0 rings (SSSR count). The van der Waals surface area contributed by atoms with E-state index < -0.39 is 8.80 Å². The molecule has 0 saturated heterocycles. The first-order valence-electron chi connectivity index (χ1n) is 15.3. The molecule has 0 aliphatic heterocycles. The van der Waals surface area contributed by atoms with Crippen LogP contribution in [0.25, 0.3) is 0 Å². The summed E-state index contributed by atoms with van der Waals surface area (Å²) in [6.07, 6.45) is 34.5. The van der Waals surface area contributed by atoms with Gasteiger partial charge in [-0.15, -0.1) is 11.6 Å². The predicted octanol–water partition coefficient (Wildman–Crippen LogP) is 11.6. The Morgan fingerprint density at radius 3 is 0.938 bits per heavy atom. The molecule has 0 saturated carbocycles. The highest BCUT2D eigenvalue weighted by atomic mass is 35.5. The molecule has 0 aromatic rings. The highest BCUT2D eigenvalue weighted by molar-refractivity contribution is 6.67. The summed E-state index contributed by atoms with van der Waals surface area (Å²) >= 11 is 6.91. The van der Waals surface area contributed by atoms with Gasteiger partial charge in [-0.1, -0.05) is 168 Å². The van der Waals surface area contributed by atoms with Crippen molar-refractivity contribution in [2.45, 2.75) is 186 Å². The lowest BCUT2D eigenvalue weighted by molar-refractivity contribution is 0.418. The topological polar surface area (TPSA) is 0 Å². The van der Waals surface area contributed by atoms with E-state index in [-0.39, 0.29) is 0 Å². The van der Waals surface area contributed by atoms with Crippen LogP contribution in [0.5, 0.6) is 0 Å². The first kappa shape index (κ1) is 32.5. The molecule has 2 atom stereocenters. The Morgan fingerprint density at radius 2 is 0.688 bits per heavy atom. The summed E-state index contributed by atoms with van der Waals surface area (Å²) in [5.74, 6) is 0.806. The lowest BCUT2D eigenvalue weighted by Crippen LogP contribution is -2.28. The van der Waals surface area contributed by atoms with Crippen molar-refractivity contribution in [3.63, 3.8) is 0 Å². The lowest BCUT2D eigenvalue weighted by Gasteiger charge is -2.25. The SMILES string of the molecule is CCCCCCCCCCCCCC[C@H](CCCCCCCCCCCC)[C@@H](Cl)[SiH](C)C. The van der Waals surface area contributed by atoms with E-state index in [9.17, 15) is 0 Å². The third-order valence-electron chi connectivity index (χ3n) is 7.44. The van der Waals surface area contributed by atoms with E-state index in [1.165, 1.54) is 154 Å². The van der Waals surface area contributed by atoms with Crippen LogP contribution in [-0.4, -0.2) is 13.8 Å². The highest BCUT2D eigenvalue weighted by Crippen LogP contribution is 2.27. The van der Waals surface area contributed by atoms with Crippen LogP contribution in [0.15, 0.2) is 0 Å². The standard InChI is InChI=1S/C30H63ClSi/c1-5-7-9-11-13-15-17-18-20-22-24-26-28-29(30(31)32(3)4)27-25-23-21-19-16-14-12-10-8-6-2/h29-30,32H,5-28H2,1-4H3/t29-,30-/m0/s1. The second kappa shape index (κ2) is 26.1. The van der Waals surface area contributed by atoms with Crippen LogP contribution in [0.1, 0.15) is 168 Å². The van der Waals surface area contributed by atoms with E-state index in [0.29, 0.717) is 5.00 Å². The Hall–Kier alpha value is 0.507. The van der Waals surface area contributed by atoms with E-state index in [4.69, 9.17) is 11.6 Å². The smallest absolute Gasteiger partial charge is 0.0522 e. The van der Waals surface area contributed by atoms with Crippen molar-refractivity contribution < 1.29 is 0 Å². The quantitative estimate of drug-likeness (QED) is 0.0647. The summed E-state index contributed by atoms with van der Waals surface area (Å²) in [5, 5.41) is 0.515. The molecule has 2 heteroatoms. The molecule has 0 amide bonds. The van der Waals surface area contributed by atoms with Gasteiger partial charge in [0.15, 0.2) is 0 Å². The molecule has 0 nitrogen and oxygen atoms in total. The fraction of sp³-hybridized carbons (Fsp3) is 1.00. The molecule has 0 radical (unpaired) electrons. The van der Waals surface area contributed by atoms with Gasteiger partial charge in [0.25, 0.3) is 0 Å². The monoisotopic (exact) mass is 486 g/mol. The van der Waals surface area contributed by atoms with Gasteiger partial charge in [-0.3, -0.25) is 0 Å². The number of alkyl halides is 1. The van der Waals surface area contributed by atoms with Gasteiger partial charge in [-0.05, 0) is 18.8 Å². The molecule has 0 aliphatic rings. The third-order valence-corrected chi connectivity index (χ3v) is 11.1. The Labute approximate surface area is 212 Å². The zero-order valence-corrected chi connectivity index (χ0v) is 25.0. The van der Waals surface area contributed by atoms with Gasteiger partial charge >= 0.3 is 0 Å². The molecule has 0 aliphatic carbocycles. The summed E-state index contributed by atoms with van der Waals surface area (Å²) in [6, 6.07) is 0. The minimum absolute atomic E-state index is 0.515. The molecule has 32 heavy (non-hydrogen) atoms. The zero-order valence-electron chi connectivity index (χ0n) is 23.1. The summed E-state index contributed by atoms with van der Waals surface area (Å²) in [7, 11) is -0.730. The van der Waals surface area contributed by atoms with Crippen LogP contribution in [0.4, 0.5) is 0 Å². The number of rotatable bonds is 26. The molecule has 0 fully saturated rings. The first-order chi connectivity index (χ1) is 15.6. The van der Waals surface area contributed by atoms with Crippen molar-refractivity contribution in [1.29, 1.82) is 0 Å². The maximum absolute atomic E-state index is 6.91.